The number of halogens is 3. The van der Waals surface area contributed by atoms with Gasteiger partial charge in [-0.3, -0.25) is 9.59 Å². The standard InChI is InChI=1S/C18H15Cl3N2O2/c19-12-7-13(20)9-14(8-12)22-18(25)16-5-6-17(24)23(16)10-11-3-1-2-4-15(11)21/h1-4,7-9,16H,5-6,10H2,(H,22,25)/t16-/m0/s1. The maximum Gasteiger partial charge on any atom is 0.247 e. The Bertz CT molecular complexity index is 805. The van der Waals surface area contributed by atoms with Crippen LogP contribution in [0, 0.1) is 0 Å². The van der Waals surface area contributed by atoms with Crippen LogP contribution in [0.3, 0.4) is 0 Å². The molecule has 1 atom stereocenters. The fourth-order valence-electron chi connectivity index (χ4n) is 2.87. The van der Waals surface area contributed by atoms with Crippen molar-refractivity contribution in [2.45, 2.75) is 25.4 Å². The highest BCUT2D eigenvalue weighted by atomic mass is 35.5. The minimum Gasteiger partial charge on any atom is -0.326 e. The highest BCUT2D eigenvalue weighted by Crippen LogP contribution is 2.27. The molecule has 3 rings (SSSR count). The second kappa shape index (κ2) is 7.65. The lowest BCUT2D eigenvalue weighted by Gasteiger charge is -2.24. The predicted molar refractivity (Wildman–Crippen MR) is 100 cm³/mol. The molecule has 0 bridgehead atoms. The second-order valence-corrected chi connectivity index (χ2v) is 7.09. The number of nitrogens with zero attached hydrogens (tertiary/aromatic N) is 1. The van der Waals surface area contributed by atoms with Crippen molar-refractivity contribution in [1.82, 2.24) is 4.90 Å². The number of hydrogen-bond donors (Lipinski definition) is 1. The smallest absolute Gasteiger partial charge is 0.247 e. The van der Waals surface area contributed by atoms with Crippen molar-refractivity contribution >= 4 is 52.3 Å². The van der Waals surface area contributed by atoms with E-state index >= 15 is 0 Å². The molecular formula is C18H15Cl3N2O2. The molecule has 2 aromatic rings. The van der Waals surface area contributed by atoms with Gasteiger partial charge in [0.1, 0.15) is 6.04 Å². The van der Waals surface area contributed by atoms with Crippen LogP contribution < -0.4 is 5.32 Å². The van der Waals surface area contributed by atoms with Gasteiger partial charge in [-0.15, -0.1) is 0 Å². The van der Waals surface area contributed by atoms with Crippen LogP contribution in [0.1, 0.15) is 18.4 Å². The van der Waals surface area contributed by atoms with E-state index in [1.807, 2.05) is 18.2 Å². The van der Waals surface area contributed by atoms with Crippen LogP contribution in [-0.4, -0.2) is 22.8 Å². The minimum absolute atomic E-state index is 0.0656. The zero-order valence-corrected chi connectivity index (χ0v) is 15.4. The first kappa shape index (κ1) is 18.1. The summed E-state index contributed by atoms with van der Waals surface area (Å²) in [5.41, 5.74) is 1.31. The monoisotopic (exact) mass is 396 g/mol. The third kappa shape index (κ3) is 4.27. The zero-order chi connectivity index (χ0) is 18.0. The maximum absolute atomic E-state index is 12.6. The molecule has 0 spiro atoms. The number of anilines is 1. The highest BCUT2D eigenvalue weighted by molar-refractivity contribution is 6.35. The number of carbonyl (C=O) groups excluding carboxylic acids is 2. The van der Waals surface area contributed by atoms with Gasteiger partial charge in [-0.1, -0.05) is 53.0 Å². The van der Waals surface area contributed by atoms with E-state index in [-0.39, 0.29) is 11.8 Å². The number of nitrogens with one attached hydrogen (secondary N) is 1. The molecule has 4 nitrogen and oxygen atoms in total. The van der Waals surface area contributed by atoms with E-state index in [1.54, 1.807) is 29.2 Å². The van der Waals surface area contributed by atoms with Crippen LogP contribution in [0.4, 0.5) is 5.69 Å². The van der Waals surface area contributed by atoms with E-state index in [2.05, 4.69) is 5.32 Å². The van der Waals surface area contributed by atoms with Crippen molar-refractivity contribution in [3.8, 4) is 0 Å². The summed E-state index contributed by atoms with van der Waals surface area (Å²) in [6, 6.07) is 11.5. The summed E-state index contributed by atoms with van der Waals surface area (Å²) >= 11 is 18.1. The normalized spacial score (nSPS) is 17.0. The highest BCUT2D eigenvalue weighted by Gasteiger charge is 2.36. The number of benzene rings is 2. The lowest BCUT2D eigenvalue weighted by Crippen LogP contribution is -2.41. The van der Waals surface area contributed by atoms with Gasteiger partial charge in [-0.25, -0.2) is 0 Å². The number of carbonyl (C=O) groups is 2. The van der Waals surface area contributed by atoms with Gasteiger partial charge in [0.2, 0.25) is 11.8 Å². The average molecular weight is 398 g/mol. The van der Waals surface area contributed by atoms with Gasteiger partial charge >= 0.3 is 0 Å². The van der Waals surface area contributed by atoms with Crippen molar-refractivity contribution in [3.63, 3.8) is 0 Å². The molecule has 2 aromatic carbocycles. The third-order valence-corrected chi connectivity index (χ3v) is 4.86. The Labute approximate surface area is 160 Å². The molecule has 1 aliphatic heterocycles. The Morgan fingerprint density at radius 1 is 1.12 bits per heavy atom. The first-order valence-corrected chi connectivity index (χ1v) is 8.87. The van der Waals surface area contributed by atoms with Crippen LogP contribution in [-0.2, 0) is 16.1 Å². The summed E-state index contributed by atoms with van der Waals surface area (Å²) < 4.78 is 0. The lowest BCUT2D eigenvalue weighted by atomic mass is 10.1. The van der Waals surface area contributed by atoms with Crippen LogP contribution in [0.2, 0.25) is 15.1 Å². The Morgan fingerprint density at radius 2 is 1.80 bits per heavy atom. The molecule has 7 heteroatoms. The molecule has 130 valence electrons. The van der Waals surface area contributed by atoms with Crippen molar-refractivity contribution in [1.29, 1.82) is 0 Å². The van der Waals surface area contributed by atoms with E-state index in [4.69, 9.17) is 34.8 Å². The van der Waals surface area contributed by atoms with E-state index in [1.165, 1.54) is 0 Å². The Hall–Kier alpha value is -1.75. The van der Waals surface area contributed by atoms with Gasteiger partial charge in [0.15, 0.2) is 0 Å². The Morgan fingerprint density at radius 3 is 2.48 bits per heavy atom. The van der Waals surface area contributed by atoms with Crippen LogP contribution in [0.25, 0.3) is 0 Å². The fourth-order valence-corrected chi connectivity index (χ4v) is 3.59. The number of likely N-dealkylation sites (tertiary alicyclic amines) is 1. The molecule has 1 fully saturated rings. The maximum atomic E-state index is 12.6. The molecule has 1 aliphatic rings. The molecule has 1 heterocycles. The summed E-state index contributed by atoms with van der Waals surface area (Å²) in [6.45, 7) is 0.299. The molecule has 0 aromatic heterocycles. The lowest BCUT2D eigenvalue weighted by molar-refractivity contribution is -0.133. The first-order valence-electron chi connectivity index (χ1n) is 7.74. The van der Waals surface area contributed by atoms with E-state index < -0.39 is 6.04 Å². The van der Waals surface area contributed by atoms with Crippen molar-refractivity contribution < 1.29 is 9.59 Å². The fraction of sp³-hybridized carbons (Fsp3) is 0.222. The average Bonchev–Trinajstić information content (AvgIpc) is 2.89. The number of hydrogen-bond acceptors (Lipinski definition) is 2. The molecule has 0 aliphatic carbocycles. The Balaban J connectivity index is 1.76. The molecule has 0 radical (unpaired) electrons. The van der Waals surface area contributed by atoms with Crippen LogP contribution >= 0.6 is 34.8 Å². The molecule has 0 saturated carbocycles. The zero-order valence-electron chi connectivity index (χ0n) is 13.1. The number of rotatable bonds is 4. The second-order valence-electron chi connectivity index (χ2n) is 5.81. The third-order valence-electron chi connectivity index (χ3n) is 4.06. The van der Waals surface area contributed by atoms with E-state index in [0.717, 1.165) is 5.56 Å². The molecule has 1 N–H and O–H groups in total. The first-order chi connectivity index (χ1) is 11.9. The van der Waals surface area contributed by atoms with Gasteiger partial charge in [-0.05, 0) is 36.2 Å². The van der Waals surface area contributed by atoms with Crippen LogP contribution in [0.15, 0.2) is 42.5 Å². The molecule has 0 unspecified atom stereocenters. The van der Waals surface area contributed by atoms with Gasteiger partial charge in [0.25, 0.3) is 0 Å². The topological polar surface area (TPSA) is 49.4 Å². The van der Waals surface area contributed by atoms with Gasteiger partial charge in [-0.2, -0.15) is 0 Å². The molecular weight excluding hydrogens is 383 g/mol. The number of amides is 2. The SMILES string of the molecule is O=C(Nc1cc(Cl)cc(Cl)c1)[C@@H]1CCC(=O)N1Cc1ccccc1Cl. The summed E-state index contributed by atoms with van der Waals surface area (Å²) in [5, 5.41) is 4.21. The Kier molecular flexibility index (Phi) is 5.52. The summed E-state index contributed by atoms with van der Waals surface area (Å²) in [5.74, 6) is -0.333. The summed E-state index contributed by atoms with van der Waals surface area (Å²) in [6.07, 6.45) is 0.794. The van der Waals surface area contributed by atoms with E-state index in [0.29, 0.717) is 40.1 Å². The van der Waals surface area contributed by atoms with Crippen molar-refractivity contribution in [2.24, 2.45) is 0 Å². The van der Waals surface area contributed by atoms with Crippen molar-refractivity contribution in [2.75, 3.05) is 5.32 Å². The van der Waals surface area contributed by atoms with E-state index in [9.17, 15) is 9.59 Å². The van der Waals surface area contributed by atoms with Crippen molar-refractivity contribution in [3.05, 3.63) is 63.1 Å². The molecule has 1 saturated heterocycles. The summed E-state index contributed by atoms with van der Waals surface area (Å²) in [7, 11) is 0. The quantitative estimate of drug-likeness (QED) is 0.807. The van der Waals surface area contributed by atoms with Crippen LogP contribution in [0.5, 0.6) is 0 Å². The van der Waals surface area contributed by atoms with Gasteiger partial charge in [0, 0.05) is 33.7 Å². The minimum atomic E-state index is -0.554. The largest absolute Gasteiger partial charge is 0.326 e. The summed E-state index contributed by atoms with van der Waals surface area (Å²) in [4.78, 5) is 26.4. The molecule has 25 heavy (non-hydrogen) atoms. The van der Waals surface area contributed by atoms with Gasteiger partial charge in [0.05, 0.1) is 0 Å². The predicted octanol–water partition coefficient (Wildman–Crippen LogP) is 4.78. The van der Waals surface area contributed by atoms with Gasteiger partial charge < -0.3 is 10.2 Å². The molecule has 2 amide bonds.